The van der Waals surface area contributed by atoms with Gasteiger partial charge in [0.25, 0.3) is 5.91 Å². The van der Waals surface area contributed by atoms with Crippen LogP contribution >= 0.6 is 11.8 Å². The smallest absolute Gasteiger partial charge is 0.253 e. The molecule has 6 rings (SSSR count). The Balaban J connectivity index is 1.30. The van der Waals surface area contributed by atoms with Crippen molar-refractivity contribution in [3.05, 3.63) is 114 Å². The maximum atomic E-state index is 13.8. The van der Waals surface area contributed by atoms with Gasteiger partial charge in [0.1, 0.15) is 18.0 Å². The highest BCUT2D eigenvalue weighted by Gasteiger charge is 2.43. The first kappa shape index (κ1) is 25.2. The molecular formula is C30H25F2N5OS. The van der Waals surface area contributed by atoms with E-state index < -0.39 is 0 Å². The van der Waals surface area contributed by atoms with Gasteiger partial charge in [-0.05, 0) is 78.4 Å². The minimum absolute atomic E-state index is 0.0159. The maximum absolute atomic E-state index is 13.8. The third-order valence-corrected chi connectivity index (χ3v) is 7.98. The molecule has 1 aromatic heterocycles. The average Bonchev–Trinajstić information content (AvgIpc) is 3.60. The van der Waals surface area contributed by atoms with Crippen LogP contribution in [0.2, 0.25) is 0 Å². The number of fused-ring (bicyclic) bond motifs is 1. The number of carbonyl (C=O) groups is 1. The quantitative estimate of drug-likeness (QED) is 0.263. The van der Waals surface area contributed by atoms with Gasteiger partial charge in [-0.25, -0.2) is 13.8 Å². The monoisotopic (exact) mass is 541 g/mol. The molecule has 3 aromatic carbocycles. The molecule has 1 fully saturated rings. The summed E-state index contributed by atoms with van der Waals surface area (Å²) in [6.45, 7) is 0. The van der Waals surface area contributed by atoms with Crippen LogP contribution in [0.3, 0.4) is 0 Å². The van der Waals surface area contributed by atoms with Crippen molar-refractivity contribution in [2.45, 2.75) is 30.5 Å². The predicted molar refractivity (Wildman–Crippen MR) is 147 cm³/mol. The molecule has 0 saturated heterocycles. The molecule has 1 amide bonds. The van der Waals surface area contributed by atoms with E-state index in [2.05, 4.69) is 10.2 Å². The van der Waals surface area contributed by atoms with Crippen molar-refractivity contribution < 1.29 is 13.6 Å². The van der Waals surface area contributed by atoms with Crippen molar-refractivity contribution in [2.24, 2.45) is 11.0 Å². The molecule has 0 bridgehead atoms. The summed E-state index contributed by atoms with van der Waals surface area (Å²) < 4.78 is 29.1. The first-order valence-corrected chi connectivity index (χ1v) is 13.8. The lowest BCUT2D eigenvalue weighted by atomic mass is 9.77. The van der Waals surface area contributed by atoms with E-state index >= 15 is 0 Å². The number of allylic oxidation sites excluding steroid dienone is 1. The van der Waals surface area contributed by atoms with Crippen LogP contribution in [0.4, 0.5) is 8.78 Å². The summed E-state index contributed by atoms with van der Waals surface area (Å²) in [7, 11) is 0. The van der Waals surface area contributed by atoms with Crippen molar-refractivity contribution in [1.29, 1.82) is 0 Å². The number of amides is 1. The second kappa shape index (κ2) is 10.9. The zero-order valence-corrected chi connectivity index (χ0v) is 21.8. The summed E-state index contributed by atoms with van der Waals surface area (Å²) in [6, 6.07) is 22.0. The number of benzene rings is 3. The number of hydrogen-bond donors (Lipinski definition) is 0. The molecule has 2 aliphatic rings. The van der Waals surface area contributed by atoms with Gasteiger partial charge in [0.2, 0.25) is 0 Å². The van der Waals surface area contributed by atoms with Crippen molar-refractivity contribution >= 4 is 29.5 Å². The SMILES string of the molecule is O=C(CSc1nncn1-c1ccccc1)N1N=C2/C(=C\c3ccc(F)cc3)CCC[C@H]2[C@@H]1c1ccc(F)cc1. The zero-order chi connectivity index (χ0) is 26.8. The molecule has 0 radical (unpaired) electrons. The van der Waals surface area contributed by atoms with Gasteiger partial charge in [0, 0.05) is 11.6 Å². The number of nitrogens with zero attached hydrogens (tertiary/aromatic N) is 5. The Kier molecular flexibility index (Phi) is 7.06. The standard InChI is InChI=1S/C30H25F2N5OS/c31-23-13-9-20(10-14-23)17-22-5-4-8-26-28(22)35-37(29(26)21-11-15-24(32)16-12-21)27(38)18-39-30-34-33-19-36(30)25-6-2-1-3-7-25/h1-3,6-7,9-17,19,26,29H,4-5,8,18H2/b22-17-/t26-,29+/m1/s1. The average molecular weight is 542 g/mol. The second-order valence-electron chi connectivity index (χ2n) is 9.55. The van der Waals surface area contributed by atoms with Gasteiger partial charge in [-0.3, -0.25) is 9.36 Å². The summed E-state index contributed by atoms with van der Waals surface area (Å²) in [5.41, 5.74) is 4.54. The number of rotatable bonds is 6. The number of halogens is 2. The number of hydrazone groups is 1. The maximum Gasteiger partial charge on any atom is 0.253 e. The molecule has 2 heterocycles. The molecule has 1 aliphatic heterocycles. The van der Waals surface area contributed by atoms with E-state index in [-0.39, 0.29) is 35.3 Å². The van der Waals surface area contributed by atoms with Gasteiger partial charge >= 0.3 is 0 Å². The third kappa shape index (κ3) is 5.27. The first-order valence-electron chi connectivity index (χ1n) is 12.8. The van der Waals surface area contributed by atoms with Crippen LogP contribution in [0, 0.1) is 17.6 Å². The van der Waals surface area contributed by atoms with Crippen molar-refractivity contribution in [3.8, 4) is 5.69 Å². The van der Waals surface area contributed by atoms with E-state index in [0.29, 0.717) is 5.16 Å². The molecular weight excluding hydrogens is 516 g/mol. The molecule has 0 spiro atoms. The Bertz CT molecular complexity index is 1530. The topological polar surface area (TPSA) is 63.4 Å². The van der Waals surface area contributed by atoms with E-state index in [1.165, 1.54) is 36.0 Å². The van der Waals surface area contributed by atoms with Gasteiger partial charge in [0.05, 0.1) is 17.5 Å². The lowest BCUT2D eigenvalue weighted by molar-refractivity contribution is -0.130. The van der Waals surface area contributed by atoms with Gasteiger partial charge in [-0.15, -0.1) is 10.2 Å². The van der Waals surface area contributed by atoms with Crippen molar-refractivity contribution in [3.63, 3.8) is 0 Å². The van der Waals surface area contributed by atoms with Crippen LogP contribution < -0.4 is 0 Å². The molecule has 1 saturated carbocycles. The number of carbonyl (C=O) groups excluding carboxylic acids is 1. The minimum atomic E-state index is -0.336. The van der Waals surface area contributed by atoms with Gasteiger partial charge in [-0.1, -0.05) is 54.2 Å². The molecule has 2 atom stereocenters. The van der Waals surface area contributed by atoms with Crippen LogP contribution in [0.5, 0.6) is 0 Å². The molecule has 196 valence electrons. The van der Waals surface area contributed by atoms with E-state index in [9.17, 15) is 13.6 Å². The van der Waals surface area contributed by atoms with Gasteiger partial charge in [0.15, 0.2) is 5.16 Å². The number of thioether (sulfide) groups is 1. The molecule has 4 aromatic rings. The molecule has 0 unspecified atom stereocenters. The molecule has 9 heteroatoms. The van der Waals surface area contributed by atoms with E-state index in [4.69, 9.17) is 5.10 Å². The fourth-order valence-corrected chi connectivity index (χ4v) is 6.02. The van der Waals surface area contributed by atoms with E-state index in [1.807, 2.05) is 41.0 Å². The van der Waals surface area contributed by atoms with Crippen molar-refractivity contribution in [1.82, 2.24) is 19.8 Å². The third-order valence-electron chi connectivity index (χ3n) is 7.06. The zero-order valence-electron chi connectivity index (χ0n) is 21.0. The van der Waals surface area contributed by atoms with Gasteiger partial charge < -0.3 is 0 Å². The Morgan fingerprint density at radius 3 is 2.44 bits per heavy atom. The number of para-hydroxylation sites is 1. The number of aromatic nitrogens is 3. The Hall–Kier alpha value is -4.11. The predicted octanol–water partition coefficient (Wildman–Crippen LogP) is 6.46. The van der Waals surface area contributed by atoms with E-state index in [1.54, 1.807) is 35.6 Å². The highest BCUT2D eigenvalue weighted by atomic mass is 32.2. The Morgan fingerprint density at radius 2 is 1.69 bits per heavy atom. The van der Waals surface area contributed by atoms with Crippen LogP contribution in [-0.4, -0.2) is 37.1 Å². The first-order chi connectivity index (χ1) is 19.1. The van der Waals surface area contributed by atoms with Crippen LogP contribution in [0.25, 0.3) is 11.8 Å². The fourth-order valence-electron chi connectivity index (χ4n) is 5.24. The van der Waals surface area contributed by atoms with E-state index in [0.717, 1.165) is 47.4 Å². The molecule has 39 heavy (non-hydrogen) atoms. The van der Waals surface area contributed by atoms with Crippen LogP contribution in [0.15, 0.2) is 101 Å². The summed E-state index contributed by atoms with van der Waals surface area (Å²) in [5, 5.41) is 15.3. The van der Waals surface area contributed by atoms with Crippen molar-refractivity contribution in [2.75, 3.05) is 5.75 Å². The summed E-state index contributed by atoms with van der Waals surface area (Å²) in [4.78, 5) is 13.7. The Morgan fingerprint density at radius 1 is 0.974 bits per heavy atom. The summed E-state index contributed by atoms with van der Waals surface area (Å²) in [6.07, 6.45) is 6.27. The largest absolute Gasteiger partial charge is 0.277 e. The van der Waals surface area contributed by atoms with Crippen LogP contribution in [0.1, 0.15) is 36.4 Å². The summed E-state index contributed by atoms with van der Waals surface area (Å²) >= 11 is 1.30. The molecule has 1 aliphatic carbocycles. The normalized spacial score (nSPS) is 19.7. The number of hydrogen-bond acceptors (Lipinski definition) is 5. The molecule has 0 N–H and O–H groups in total. The highest BCUT2D eigenvalue weighted by Crippen LogP contribution is 2.44. The Labute approximate surface area is 229 Å². The molecule has 6 nitrogen and oxygen atoms in total. The second-order valence-corrected chi connectivity index (χ2v) is 10.5. The lowest BCUT2D eigenvalue weighted by Crippen LogP contribution is -2.33. The fraction of sp³-hybridized carbons (Fsp3) is 0.200. The van der Waals surface area contributed by atoms with Crippen LogP contribution in [-0.2, 0) is 4.79 Å². The summed E-state index contributed by atoms with van der Waals surface area (Å²) in [5.74, 6) is -0.681. The lowest BCUT2D eigenvalue weighted by Gasteiger charge is -2.29. The minimum Gasteiger partial charge on any atom is -0.277 e. The van der Waals surface area contributed by atoms with Gasteiger partial charge in [-0.2, -0.15) is 5.10 Å². The highest BCUT2D eigenvalue weighted by molar-refractivity contribution is 7.99.